The van der Waals surface area contributed by atoms with E-state index < -0.39 is 11.9 Å². The van der Waals surface area contributed by atoms with Crippen LogP contribution < -0.4 is 0 Å². The summed E-state index contributed by atoms with van der Waals surface area (Å²) in [6.07, 6.45) is 20.0. The van der Waals surface area contributed by atoms with Gasteiger partial charge in [0.1, 0.15) is 13.2 Å². The van der Waals surface area contributed by atoms with Gasteiger partial charge >= 0.3 is 11.9 Å². The predicted molar refractivity (Wildman–Crippen MR) is 90.8 cm³/mol. The second-order valence-corrected chi connectivity index (χ2v) is 4.65. The minimum absolute atomic E-state index is 0.115. The van der Waals surface area contributed by atoms with Gasteiger partial charge in [-0.2, -0.15) is 0 Å². The molecule has 0 aliphatic heterocycles. The molecule has 0 amide bonds. The number of hydrogen-bond acceptors (Lipinski definition) is 4. The Labute approximate surface area is 140 Å². The molecular formula is C20H16O4. The van der Waals surface area contributed by atoms with E-state index in [9.17, 15) is 9.59 Å². The zero-order valence-corrected chi connectivity index (χ0v) is 13.0. The van der Waals surface area contributed by atoms with Crippen LogP contribution in [0.5, 0.6) is 0 Å². The molecule has 0 radical (unpaired) electrons. The topological polar surface area (TPSA) is 52.6 Å². The van der Waals surface area contributed by atoms with E-state index in [2.05, 4.69) is 11.5 Å². The second-order valence-electron chi connectivity index (χ2n) is 4.65. The summed E-state index contributed by atoms with van der Waals surface area (Å²) >= 11 is 0. The molecule has 0 fully saturated rings. The fourth-order valence-electron chi connectivity index (χ4n) is 1.70. The first-order chi connectivity index (χ1) is 11.7. The molecule has 4 heteroatoms. The zero-order chi connectivity index (χ0) is 17.0. The maximum absolute atomic E-state index is 11.4. The highest BCUT2D eigenvalue weighted by Gasteiger charge is 1.97. The summed E-state index contributed by atoms with van der Waals surface area (Å²) in [4.78, 5) is 22.8. The minimum Gasteiger partial charge on any atom is -0.458 e. The summed E-state index contributed by atoms with van der Waals surface area (Å²) in [7, 11) is 0. The van der Waals surface area contributed by atoms with Crippen molar-refractivity contribution in [3.05, 3.63) is 95.5 Å². The van der Waals surface area contributed by atoms with Gasteiger partial charge in [-0.3, -0.25) is 0 Å². The highest BCUT2D eigenvalue weighted by atomic mass is 16.5. The summed E-state index contributed by atoms with van der Waals surface area (Å²) in [6, 6.07) is 0. The Hall–Kier alpha value is -3.32. The summed E-state index contributed by atoms with van der Waals surface area (Å²) in [5.74, 6) is -0.889. The molecule has 2 rings (SSSR count). The van der Waals surface area contributed by atoms with E-state index in [-0.39, 0.29) is 13.2 Å². The lowest BCUT2D eigenvalue weighted by Gasteiger charge is -1.98. The Morgan fingerprint density at radius 3 is 1.67 bits per heavy atom. The number of allylic oxidation sites excluding steroid dienone is 8. The standard InChI is InChI=1S/C20H16O4/c21-19(13-11-17-7-1-2-8-17)23-15-5-6-16-24-20(22)14-12-18-9-3-4-10-18/h1-7,9,11-14H,15-16H2/b6-5+,13-11+,14-12+. The van der Waals surface area contributed by atoms with Crippen LogP contribution in [-0.2, 0) is 19.1 Å². The Balaban J connectivity index is 1.57. The third kappa shape index (κ3) is 6.63. The first-order valence-electron chi connectivity index (χ1n) is 7.35. The number of carbonyl (C=O) groups is 2. The fraction of sp³-hybridized carbons (Fsp3) is 0.100. The predicted octanol–water partition coefficient (Wildman–Crippen LogP) is 3.04. The van der Waals surface area contributed by atoms with Gasteiger partial charge in [-0.15, -0.1) is 11.5 Å². The van der Waals surface area contributed by atoms with E-state index in [0.717, 1.165) is 11.1 Å². The van der Waals surface area contributed by atoms with Crippen LogP contribution in [0.15, 0.2) is 95.5 Å². The summed E-state index contributed by atoms with van der Waals surface area (Å²) in [5.41, 5.74) is 7.53. The van der Waals surface area contributed by atoms with Crippen molar-refractivity contribution in [3.8, 4) is 0 Å². The molecule has 0 aromatic rings. The first kappa shape index (κ1) is 17.0. The number of esters is 2. The molecule has 0 aromatic carbocycles. The van der Waals surface area contributed by atoms with Crippen molar-refractivity contribution in [2.75, 3.05) is 13.2 Å². The lowest BCUT2D eigenvalue weighted by molar-refractivity contribution is -0.137. The molecule has 2 aliphatic carbocycles. The molecule has 120 valence electrons. The molecule has 0 saturated carbocycles. The van der Waals surface area contributed by atoms with Crippen LogP contribution in [0, 0.1) is 0 Å². The number of rotatable bonds is 8. The quantitative estimate of drug-likeness (QED) is 0.298. The van der Waals surface area contributed by atoms with Crippen LogP contribution >= 0.6 is 0 Å². The average molecular weight is 320 g/mol. The van der Waals surface area contributed by atoms with Crippen LogP contribution in [0.4, 0.5) is 0 Å². The molecule has 0 heterocycles. The van der Waals surface area contributed by atoms with Crippen LogP contribution in [0.25, 0.3) is 0 Å². The van der Waals surface area contributed by atoms with Crippen molar-refractivity contribution in [3.63, 3.8) is 0 Å². The summed E-state index contributed by atoms with van der Waals surface area (Å²) in [5, 5.41) is 0. The molecule has 0 atom stereocenters. The lowest BCUT2D eigenvalue weighted by atomic mass is 10.3. The third-order valence-corrected chi connectivity index (χ3v) is 2.85. The van der Waals surface area contributed by atoms with Gasteiger partial charge in [0, 0.05) is 23.3 Å². The summed E-state index contributed by atoms with van der Waals surface area (Å²) < 4.78 is 9.92. The Morgan fingerprint density at radius 2 is 1.29 bits per heavy atom. The molecule has 0 saturated heterocycles. The normalized spacial score (nSPS) is 15.0. The highest BCUT2D eigenvalue weighted by Crippen LogP contribution is 2.04. The maximum atomic E-state index is 11.4. The Kier molecular flexibility index (Phi) is 6.85. The molecule has 2 aliphatic rings. The van der Waals surface area contributed by atoms with Crippen LogP contribution in [-0.4, -0.2) is 25.2 Å². The summed E-state index contributed by atoms with van der Waals surface area (Å²) in [6.45, 7) is 0.230. The van der Waals surface area contributed by atoms with Gasteiger partial charge < -0.3 is 9.47 Å². The van der Waals surface area contributed by atoms with E-state index in [0.29, 0.717) is 0 Å². The highest BCUT2D eigenvalue weighted by molar-refractivity contribution is 5.83. The van der Waals surface area contributed by atoms with Crippen molar-refractivity contribution in [1.29, 1.82) is 0 Å². The van der Waals surface area contributed by atoms with Gasteiger partial charge in [0.05, 0.1) is 0 Å². The fourth-order valence-corrected chi connectivity index (χ4v) is 1.70. The SMILES string of the molecule is O=C(/C=C/C1=C=CC=C1)OC/C=C/COC(=O)/C=C/C1=C=CC=C1. The van der Waals surface area contributed by atoms with E-state index in [4.69, 9.17) is 9.47 Å². The van der Waals surface area contributed by atoms with Crippen LogP contribution in [0.1, 0.15) is 0 Å². The maximum Gasteiger partial charge on any atom is 0.331 e. The van der Waals surface area contributed by atoms with Gasteiger partial charge in [-0.1, -0.05) is 12.2 Å². The molecule has 0 unspecified atom stereocenters. The third-order valence-electron chi connectivity index (χ3n) is 2.85. The first-order valence-corrected chi connectivity index (χ1v) is 7.35. The van der Waals surface area contributed by atoms with Gasteiger partial charge in [0.25, 0.3) is 0 Å². The monoisotopic (exact) mass is 320 g/mol. The molecule has 0 aromatic heterocycles. The molecule has 0 N–H and O–H groups in total. The second kappa shape index (κ2) is 9.65. The van der Waals surface area contributed by atoms with Gasteiger partial charge in [0.15, 0.2) is 0 Å². The number of ether oxygens (including phenoxy) is 2. The number of carbonyl (C=O) groups excluding carboxylic acids is 2. The molecule has 0 bridgehead atoms. The molecule has 24 heavy (non-hydrogen) atoms. The van der Waals surface area contributed by atoms with Crippen LogP contribution in [0.3, 0.4) is 0 Å². The van der Waals surface area contributed by atoms with Crippen molar-refractivity contribution >= 4 is 11.9 Å². The molecule has 4 nitrogen and oxygen atoms in total. The molecule has 0 spiro atoms. The largest absolute Gasteiger partial charge is 0.458 e. The minimum atomic E-state index is -0.444. The average Bonchev–Trinajstić information content (AvgIpc) is 3.27. The van der Waals surface area contributed by atoms with Gasteiger partial charge in [-0.05, 0) is 48.6 Å². The van der Waals surface area contributed by atoms with Crippen LogP contribution in [0.2, 0.25) is 0 Å². The van der Waals surface area contributed by atoms with E-state index in [1.54, 1.807) is 36.5 Å². The Morgan fingerprint density at radius 1 is 0.833 bits per heavy atom. The smallest absolute Gasteiger partial charge is 0.331 e. The molecular weight excluding hydrogens is 304 g/mol. The van der Waals surface area contributed by atoms with Crippen molar-refractivity contribution in [1.82, 2.24) is 0 Å². The Bertz CT molecular complexity index is 706. The van der Waals surface area contributed by atoms with Gasteiger partial charge in [-0.25, -0.2) is 9.59 Å². The van der Waals surface area contributed by atoms with Crippen molar-refractivity contribution in [2.24, 2.45) is 0 Å². The van der Waals surface area contributed by atoms with E-state index in [1.807, 2.05) is 24.3 Å². The van der Waals surface area contributed by atoms with Crippen molar-refractivity contribution < 1.29 is 19.1 Å². The van der Waals surface area contributed by atoms with E-state index >= 15 is 0 Å². The number of hydrogen-bond donors (Lipinski definition) is 0. The van der Waals surface area contributed by atoms with Crippen molar-refractivity contribution in [2.45, 2.75) is 0 Å². The zero-order valence-electron chi connectivity index (χ0n) is 13.0. The van der Waals surface area contributed by atoms with Gasteiger partial charge in [0.2, 0.25) is 0 Å². The lowest BCUT2D eigenvalue weighted by Crippen LogP contribution is -2.02. The van der Waals surface area contributed by atoms with E-state index in [1.165, 1.54) is 12.2 Å².